The summed E-state index contributed by atoms with van der Waals surface area (Å²) in [5.41, 5.74) is 0.350. The second-order valence-electron chi connectivity index (χ2n) is 4.50. The zero-order chi connectivity index (χ0) is 13.9. The van der Waals surface area contributed by atoms with Crippen LogP contribution in [0.5, 0.6) is 0 Å². The van der Waals surface area contributed by atoms with Crippen LogP contribution in [-0.2, 0) is 0 Å². The standard InChI is InChI=1S/C13H13ClN4O2/c14-10-1-2-12(15-9-10)17-4-6-18(7-5-17)13(19)11-3-8-20-16-11/h1-3,8-9H,4-7H2. The summed E-state index contributed by atoms with van der Waals surface area (Å²) in [6, 6.07) is 5.28. The van der Waals surface area contributed by atoms with Crippen molar-refractivity contribution in [3.05, 3.63) is 41.4 Å². The fourth-order valence-corrected chi connectivity index (χ4v) is 2.29. The van der Waals surface area contributed by atoms with Crippen molar-refractivity contribution >= 4 is 23.3 Å². The van der Waals surface area contributed by atoms with Gasteiger partial charge in [0.15, 0.2) is 5.69 Å². The van der Waals surface area contributed by atoms with Gasteiger partial charge in [0.2, 0.25) is 0 Å². The third-order valence-corrected chi connectivity index (χ3v) is 3.48. The second-order valence-corrected chi connectivity index (χ2v) is 4.93. The van der Waals surface area contributed by atoms with Crippen molar-refractivity contribution < 1.29 is 9.32 Å². The summed E-state index contributed by atoms with van der Waals surface area (Å²) in [6.45, 7) is 2.74. The Bertz CT molecular complexity index is 577. The minimum absolute atomic E-state index is 0.0949. The van der Waals surface area contributed by atoms with E-state index in [1.807, 2.05) is 12.1 Å². The second kappa shape index (κ2) is 5.50. The normalized spacial score (nSPS) is 15.4. The van der Waals surface area contributed by atoms with Gasteiger partial charge in [-0.3, -0.25) is 4.79 Å². The summed E-state index contributed by atoms with van der Waals surface area (Å²) >= 11 is 5.82. The third-order valence-electron chi connectivity index (χ3n) is 3.26. The fourth-order valence-electron chi connectivity index (χ4n) is 2.18. The van der Waals surface area contributed by atoms with E-state index in [0.717, 1.165) is 18.9 Å². The Labute approximate surface area is 120 Å². The molecule has 1 saturated heterocycles. The van der Waals surface area contributed by atoms with Crippen LogP contribution in [0.3, 0.4) is 0 Å². The number of hydrogen-bond acceptors (Lipinski definition) is 5. The maximum absolute atomic E-state index is 12.1. The van der Waals surface area contributed by atoms with Crippen LogP contribution >= 0.6 is 11.6 Å². The van der Waals surface area contributed by atoms with Crippen LogP contribution in [0.2, 0.25) is 5.02 Å². The molecule has 0 aliphatic carbocycles. The van der Waals surface area contributed by atoms with Gasteiger partial charge in [-0.05, 0) is 12.1 Å². The Balaban J connectivity index is 1.62. The van der Waals surface area contributed by atoms with Gasteiger partial charge in [-0.25, -0.2) is 4.98 Å². The molecule has 2 aromatic rings. The maximum atomic E-state index is 12.1. The summed E-state index contributed by atoms with van der Waals surface area (Å²) < 4.78 is 4.70. The van der Waals surface area contributed by atoms with E-state index in [4.69, 9.17) is 16.1 Å². The number of carbonyl (C=O) groups is 1. The number of aromatic nitrogens is 2. The number of halogens is 1. The molecule has 20 heavy (non-hydrogen) atoms. The summed E-state index contributed by atoms with van der Waals surface area (Å²) in [5.74, 6) is 0.783. The molecule has 1 aliphatic rings. The molecule has 0 spiro atoms. The summed E-state index contributed by atoms with van der Waals surface area (Å²) in [5, 5.41) is 4.29. The van der Waals surface area contributed by atoms with Gasteiger partial charge in [0.05, 0.1) is 5.02 Å². The van der Waals surface area contributed by atoms with E-state index in [2.05, 4.69) is 15.0 Å². The molecular weight excluding hydrogens is 280 g/mol. The predicted molar refractivity (Wildman–Crippen MR) is 73.9 cm³/mol. The van der Waals surface area contributed by atoms with E-state index in [1.165, 1.54) is 6.26 Å². The molecule has 104 valence electrons. The lowest BCUT2D eigenvalue weighted by molar-refractivity contribution is 0.0736. The topological polar surface area (TPSA) is 62.5 Å². The molecule has 1 fully saturated rings. The number of piperazine rings is 1. The molecule has 0 saturated carbocycles. The Morgan fingerprint density at radius 3 is 2.60 bits per heavy atom. The monoisotopic (exact) mass is 292 g/mol. The minimum Gasteiger partial charge on any atom is -0.364 e. The van der Waals surface area contributed by atoms with E-state index in [9.17, 15) is 4.79 Å². The van der Waals surface area contributed by atoms with E-state index < -0.39 is 0 Å². The van der Waals surface area contributed by atoms with Crippen molar-refractivity contribution in [3.8, 4) is 0 Å². The van der Waals surface area contributed by atoms with E-state index in [1.54, 1.807) is 17.2 Å². The average Bonchev–Trinajstić information content (AvgIpc) is 3.02. The number of carbonyl (C=O) groups excluding carboxylic acids is 1. The van der Waals surface area contributed by atoms with Crippen LogP contribution in [-0.4, -0.2) is 47.1 Å². The lowest BCUT2D eigenvalue weighted by Gasteiger charge is -2.35. The number of anilines is 1. The molecule has 0 radical (unpaired) electrons. The molecule has 3 rings (SSSR count). The van der Waals surface area contributed by atoms with Gasteiger partial charge in [0, 0.05) is 38.4 Å². The first kappa shape index (κ1) is 12.9. The Hall–Kier alpha value is -2.08. The molecule has 0 unspecified atom stereocenters. The van der Waals surface area contributed by atoms with Crippen LogP contribution in [0.1, 0.15) is 10.5 Å². The molecule has 0 N–H and O–H groups in total. The van der Waals surface area contributed by atoms with Gasteiger partial charge in [0.25, 0.3) is 5.91 Å². The Kier molecular flexibility index (Phi) is 3.56. The first-order valence-corrected chi connectivity index (χ1v) is 6.68. The molecule has 1 aliphatic heterocycles. The highest BCUT2D eigenvalue weighted by Crippen LogP contribution is 2.16. The maximum Gasteiger partial charge on any atom is 0.276 e. The lowest BCUT2D eigenvalue weighted by atomic mass is 10.2. The largest absolute Gasteiger partial charge is 0.364 e. The first-order chi connectivity index (χ1) is 9.74. The van der Waals surface area contributed by atoms with Crippen molar-refractivity contribution in [2.75, 3.05) is 31.1 Å². The zero-order valence-electron chi connectivity index (χ0n) is 10.7. The molecule has 2 aromatic heterocycles. The van der Waals surface area contributed by atoms with Gasteiger partial charge >= 0.3 is 0 Å². The van der Waals surface area contributed by atoms with Gasteiger partial charge in [-0.15, -0.1) is 0 Å². The van der Waals surface area contributed by atoms with Crippen LogP contribution in [0.25, 0.3) is 0 Å². The van der Waals surface area contributed by atoms with E-state index in [0.29, 0.717) is 23.8 Å². The zero-order valence-corrected chi connectivity index (χ0v) is 11.5. The van der Waals surface area contributed by atoms with E-state index in [-0.39, 0.29) is 5.91 Å². The number of hydrogen-bond donors (Lipinski definition) is 0. The fraction of sp³-hybridized carbons (Fsp3) is 0.308. The van der Waals surface area contributed by atoms with Crippen LogP contribution in [0.15, 0.2) is 35.2 Å². The minimum atomic E-state index is -0.0949. The smallest absolute Gasteiger partial charge is 0.276 e. The van der Waals surface area contributed by atoms with Crippen LogP contribution in [0.4, 0.5) is 5.82 Å². The third kappa shape index (κ3) is 2.60. The Morgan fingerprint density at radius 1 is 1.20 bits per heavy atom. The van der Waals surface area contributed by atoms with Crippen molar-refractivity contribution in [3.63, 3.8) is 0 Å². The molecule has 7 heteroatoms. The van der Waals surface area contributed by atoms with E-state index >= 15 is 0 Å². The first-order valence-electron chi connectivity index (χ1n) is 6.30. The van der Waals surface area contributed by atoms with Gasteiger partial charge < -0.3 is 14.3 Å². The van der Waals surface area contributed by atoms with Gasteiger partial charge in [-0.1, -0.05) is 16.8 Å². The van der Waals surface area contributed by atoms with Crippen LogP contribution < -0.4 is 4.90 Å². The molecule has 6 nitrogen and oxygen atoms in total. The predicted octanol–water partition coefficient (Wildman–Crippen LogP) is 1.69. The molecule has 1 amide bonds. The summed E-state index contributed by atoms with van der Waals surface area (Å²) in [4.78, 5) is 20.3. The SMILES string of the molecule is O=C(c1ccon1)N1CCN(c2ccc(Cl)cn2)CC1. The van der Waals surface area contributed by atoms with Crippen molar-refractivity contribution in [2.24, 2.45) is 0 Å². The molecule has 0 bridgehead atoms. The van der Waals surface area contributed by atoms with Crippen molar-refractivity contribution in [1.82, 2.24) is 15.0 Å². The van der Waals surface area contributed by atoms with Crippen molar-refractivity contribution in [1.29, 1.82) is 0 Å². The highest BCUT2D eigenvalue weighted by molar-refractivity contribution is 6.30. The van der Waals surface area contributed by atoms with Gasteiger partial charge in [0.1, 0.15) is 12.1 Å². The highest BCUT2D eigenvalue weighted by atomic mass is 35.5. The Morgan fingerprint density at radius 2 is 2.00 bits per heavy atom. The number of pyridine rings is 1. The molecule has 0 atom stereocenters. The molecule has 3 heterocycles. The molecular formula is C13H13ClN4O2. The summed E-state index contributed by atoms with van der Waals surface area (Å²) in [6.07, 6.45) is 3.03. The average molecular weight is 293 g/mol. The summed E-state index contributed by atoms with van der Waals surface area (Å²) in [7, 11) is 0. The molecule has 0 aromatic carbocycles. The lowest BCUT2D eigenvalue weighted by Crippen LogP contribution is -2.49. The number of rotatable bonds is 2. The quantitative estimate of drug-likeness (QED) is 0.843. The number of nitrogens with zero attached hydrogens (tertiary/aromatic N) is 4. The van der Waals surface area contributed by atoms with Crippen molar-refractivity contribution in [2.45, 2.75) is 0 Å². The number of amides is 1. The van der Waals surface area contributed by atoms with Gasteiger partial charge in [-0.2, -0.15) is 0 Å². The highest BCUT2D eigenvalue weighted by Gasteiger charge is 2.24. The van der Waals surface area contributed by atoms with Crippen LogP contribution in [0, 0.1) is 0 Å².